The largest absolute Gasteiger partial charge is 0.330 e. The van der Waals surface area contributed by atoms with E-state index < -0.39 is 0 Å². The van der Waals surface area contributed by atoms with Crippen LogP contribution < -0.4 is 0 Å². The zero-order valence-corrected chi connectivity index (χ0v) is 19.9. The van der Waals surface area contributed by atoms with E-state index in [2.05, 4.69) is 50.6 Å². The van der Waals surface area contributed by atoms with Gasteiger partial charge in [0.15, 0.2) is 0 Å². The molecule has 2 atom stereocenters. The van der Waals surface area contributed by atoms with E-state index in [1.165, 1.54) is 5.56 Å². The summed E-state index contributed by atoms with van der Waals surface area (Å²) >= 11 is 3.31. The monoisotopic (exact) mass is 442 g/mol. The summed E-state index contributed by atoms with van der Waals surface area (Å²) in [6, 6.07) is 4.01. The number of carbonyl (C=O) groups is 2. The van der Waals surface area contributed by atoms with Crippen LogP contribution in [-0.2, 0) is 9.59 Å². The lowest BCUT2D eigenvalue weighted by Gasteiger charge is -2.29. The van der Waals surface area contributed by atoms with E-state index >= 15 is 0 Å². The predicted octanol–water partition coefficient (Wildman–Crippen LogP) is 5.78. The Morgan fingerprint density at radius 3 is 2.20 bits per heavy atom. The number of carbonyl (C=O) groups excluding carboxylic acids is 2. The SMILES string of the molecule is CCCCN1C(=O)C2C(=C1c1sccc1C)C(=O)N(CCCC)C2c1sccc1C. The molecule has 0 saturated carbocycles. The summed E-state index contributed by atoms with van der Waals surface area (Å²) in [5.74, 6) is -0.229. The van der Waals surface area contributed by atoms with Crippen molar-refractivity contribution < 1.29 is 9.59 Å². The van der Waals surface area contributed by atoms with Crippen LogP contribution in [0.15, 0.2) is 28.5 Å². The van der Waals surface area contributed by atoms with E-state index in [9.17, 15) is 9.59 Å². The van der Waals surface area contributed by atoms with Crippen molar-refractivity contribution >= 4 is 40.2 Å². The molecule has 4 nitrogen and oxygen atoms in total. The topological polar surface area (TPSA) is 40.6 Å². The molecule has 2 amide bonds. The van der Waals surface area contributed by atoms with Gasteiger partial charge in [-0.3, -0.25) is 9.59 Å². The molecule has 2 aromatic heterocycles. The van der Waals surface area contributed by atoms with Crippen molar-refractivity contribution in [3.05, 3.63) is 49.3 Å². The predicted molar refractivity (Wildman–Crippen MR) is 125 cm³/mol. The Kier molecular flexibility index (Phi) is 6.16. The van der Waals surface area contributed by atoms with Crippen LogP contribution in [0.5, 0.6) is 0 Å². The normalized spacial score (nSPS) is 21.3. The van der Waals surface area contributed by atoms with Crippen molar-refractivity contribution in [1.29, 1.82) is 0 Å². The number of hydrogen-bond donors (Lipinski definition) is 0. The van der Waals surface area contributed by atoms with E-state index in [1.807, 2.05) is 9.80 Å². The highest BCUT2D eigenvalue weighted by molar-refractivity contribution is 7.11. The zero-order valence-electron chi connectivity index (χ0n) is 18.2. The summed E-state index contributed by atoms with van der Waals surface area (Å²) in [6.45, 7) is 9.83. The minimum absolute atomic E-state index is 0.0569. The summed E-state index contributed by atoms with van der Waals surface area (Å²) in [7, 11) is 0. The molecular formula is C24H30N2O2S2. The Labute approximate surface area is 187 Å². The van der Waals surface area contributed by atoms with Crippen LogP contribution in [0.3, 0.4) is 0 Å². The lowest BCUT2D eigenvalue weighted by Crippen LogP contribution is -2.36. The highest BCUT2D eigenvalue weighted by atomic mass is 32.1. The molecule has 1 fully saturated rings. The molecule has 2 aliphatic heterocycles. The fourth-order valence-corrected chi connectivity index (χ4v) is 6.70. The first-order valence-corrected chi connectivity index (χ1v) is 12.7. The van der Waals surface area contributed by atoms with Gasteiger partial charge in [0.1, 0.15) is 0 Å². The lowest BCUT2D eigenvalue weighted by atomic mass is 9.93. The third kappa shape index (κ3) is 3.34. The average Bonchev–Trinajstić information content (AvgIpc) is 3.46. The van der Waals surface area contributed by atoms with Crippen molar-refractivity contribution in [3.8, 4) is 0 Å². The molecule has 0 bridgehead atoms. The maximum absolute atomic E-state index is 13.8. The molecule has 4 rings (SSSR count). The highest BCUT2D eigenvalue weighted by Gasteiger charge is 2.56. The smallest absolute Gasteiger partial charge is 0.253 e. The fourth-order valence-electron chi connectivity index (χ4n) is 4.63. The Morgan fingerprint density at radius 2 is 1.60 bits per heavy atom. The molecule has 0 N–H and O–H groups in total. The van der Waals surface area contributed by atoms with Crippen LogP contribution in [0, 0.1) is 19.8 Å². The molecule has 0 aromatic carbocycles. The molecule has 0 radical (unpaired) electrons. The lowest BCUT2D eigenvalue weighted by molar-refractivity contribution is -0.131. The second-order valence-corrected chi connectivity index (χ2v) is 10.1. The third-order valence-electron chi connectivity index (χ3n) is 6.25. The number of amides is 2. The van der Waals surface area contributed by atoms with Crippen molar-refractivity contribution in [3.63, 3.8) is 0 Å². The molecule has 6 heteroatoms. The van der Waals surface area contributed by atoms with Gasteiger partial charge in [-0.15, -0.1) is 22.7 Å². The molecular weight excluding hydrogens is 412 g/mol. The van der Waals surface area contributed by atoms with Crippen LogP contribution in [0.4, 0.5) is 0 Å². The second-order valence-electron chi connectivity index (χ2n) is 8.28. The van der Waals surface area contributed by atoms with Gasteiger partial charge in [0.25, 0.3) is 5.91 Å². The molecule has 2 unspecified atom stereocenters. The summed E-state index contributed by atoms with van der Waals surface area (Å²) in [5.41, 5.74) is 3.93. The second kappa shape index (κ2) is 8.67. The van der Waals surface area contributed by atoms with Gasteiger partial charge < -0.3 is 9.80 Å². The molecule has 0 aliphatic carbocycles. The minimum atomic E-state index is -0.389. The van der Waals surface area contributed by atoms with Crippen LogP contribution in [-0.4, -0.2) is 34.7 Å². The van der Waals surface area contributed by atoms with Gasteiger partial charge in [-0.1, -0.05) is 26.7 Å². The molecule has 30 heavy (non-hydrogen) atoms. The Bertz CT molecular complexity index is 987. The Hall–Kier alpha value is -1.92. The number of unbranched alkanes of at least 4 members (excludes halogenated alkanes) is 2. The maximum atomic E-state index is 13.8. The molecule has 0 spiro atoms. The van der Waals surface area contributed by atoms with Crippen molar-refractivity contribution in [2.45, 2.75) is 59.4 Å². The van der Waals surface area contributed by atoms with Gasteiger partial charge in [-0.2, -0.15) is 0 Å². The van der Waals surface area contributed by atoms with Gasteiger partial charge in [-0.25, -0.2) is 0 Å². The number of aryl methyl sites for hydroxylation is 2. The number of thiophene rings is 2. The Morgan fingerprint density at radius 1 is 0.933 bits per heavy atom. The van der Waals surface area contributed by atoms with Crippen molar-refractivity contribution in [2.75, 3.05) is 13.1 Å². The molecule has 1 saturated heterocycles. The standard InChI is InChI=1S/C24H30N2O2S2/c1-5-7-11-25-19(21-15(3)9-13-29-21)17-18(23(25)27)20(22-16(4)10-14-30-22)26(24(17)28)12-8-6-2/h9-10,13-14,17,19H,5-8,11-12H2,1-4H3. The number of likely N-dealkylation sites (tertiary alicyclic amines) is 1. The maximum Gasteiger partial charge on any atom is 0.253 e. The average molecular weight is 443 g/mol. The number of rotatable bonds is 8. The van der Waals surface area contributed by atoms with Gasteiger partial charge in [0.2, 0.25) is 5.91 Å². The summed E-state index contributed by atoms with van der Waals surface area (Å²) < 4.78 is 0. The zero-order chi connectivity index (χ0) is 21.4. The minimum Gasteiger partial charge on any atom is -0.330 e. The van der Waals surface area contributed by atoms with Gasteiger partial charge >= 0.3 is 0 Å². The van der Waals surface area contributed by atoms with Crippen LogP contribution in [0.1, 0.15) is 66.5 Å². The first-order valence-electron chi connectivity index (χ1n) is 11.0. The molecule has 2 aliphatic rings. The molecule has 160 valence electrons. The summed E-state index contributed by atoms with van der Waals surface area (Å²) in [4.78, 5) is 33.7. The number of hydrogen-bond acceptors (Lipinski definition) is 4. The van der Waals surface area contributed by atoms with E-state index in [1.54, 1.807) is 22.7 Å². The fraction of sp³-hybridized carbons (Fsp3) is 0.500. The highest BCUT2D eigenvalue weighted by Crippen LogP contribution is 2.53. The summed E-state index contributed by atoms with van der Waals surface area (Å²) in [5, 5.41) is 4.14. The van der Waals surface area contributed by atoms with Gasteiger partial charge in [-0.05, 0) is 60.7 Å². The van der Waals surface area contributed by atoms with Gasteiger partial charge in [0, 0.05) is 18.0 Å². The van der Waals surface area contributed by atoms with E-state index in [0.29, 0.717) is 13.1 Å². The first kappa shape index (κ1) is 21.3. The van der Waals surface area contributed by atoms with Crippen LogP contribution >= 0.6 is 22.7 Å². The first-order chi connectivity index (χ1) is 14.5. The Balaban J connectivity index is 1.89. The van der Waals surface area contributed by atoms with Crippen molar-refractivity contribution in [1.82, 2.24) is 9.80 Å². The molecule has 2 aromatic rings. The van der Waals surface area contributed by atoms with E-state index in [4.69, 9.17) is 0 Å². The number of nitrogens with zero attached hydrogens (tertiary/aromatic N) is 2. The van der Waals surface area contributed by atoms with E-state index in [0.717, 1.165) is 52.3 Å². The van der Waals surface area contributed by atoms with Crippen LogP contribution in [0.2, 0.25) is 0 Å². The quantitative estimate of drug-likeness (QED) is 0.520. The van der Waals surface area contributed by atoms with Crippen molar-refractivity contribution in [2.24, 2.45) is 5.92 Å². The number of fused-ring (bicyclic) bond motifs is 1. The summed E-state index contributed by atoms with van der Waals surface area (Å²) in [6.07, 6.45) is 3.94. The molecule has 4 heterocycles. The van der Waals surface area contributed by atoms with Crippen LogP contribution in [0.25, 0.3) is 5.70 Å². The third-order valence-corrected chi connectivity index (χ3v) is 8.36. The van der Waals surface area contributed by atoms with E-state index in [-0.39, 0.29) is 23.8 Å². The van der Waals surface area contributed by atoms with Gasteiger partial charge in [0.05, 0.1) is 28.1 Å².